The van der Waals surface area contributed by atoms with E-state index in [1.807, 2.05) is 43.3 Å². The summed E-state index contributed by atoms with van der Waals surface area (Å²) in [6, 6.07) is 11.9. The van der Waals surface area contributed by atoms with Gasteiger partial charge >= 0.3 is 0 Å². The first-order valence-corrected chi connectivity index (χ1v) is 7.17. The van der Waals surface area contributed by atoms with Crippen LogP contribution in [0.15, 0.2) is 36.4 Å². The van der Waals surface area contributed by atoms with Gasteiger partial charge in [0.25, 0.3) is 0 Å². The first-order chi connectivity index (χ1) is 10.0. The van der Waals surface area contributed by atoms with Crippen LogP contribution in [-0.2, 0) is 0 Å². The van der Waals surface area contributed by atoms with Crippen molar-refractivity contribution < 1.29 is 9.47 Å². The lowest BCUT2D eigenvalue weighted by atomic mass is 10.1. The smallest absolute Gasteiger partial charge is 0.162 e. The van der Waals surface area contributed by atoms with Crippen LogP contribution in [-0.4, -0.2) is 14.2 Å². The summed E-state index contributed by atoms with van der Waals surface area (Å²) in [5, 5.41) is 4.24. The zero-order chi connectivity index (χ0) is 15.4. The predicted molar refractivity (Wildman–Crippen MR) is 87.8 cm³/mol. The molecule has 112 valence electrons. The second-order valence-electron chi connectivity index (χ2n) is 4.94. The Labute approximate surface area is 130 Å². The number of aryl methyl sites for hydroxylation is 1. The van der Waals surface area contributed by atoms with E-state index in [0.29, 0.717) is 5.75 Å². The molecule has 0 heterocycles. The number of hydrogen-bond donors (Lipinski definition) is 1. The average Bonchev–Trinajstić information content (AvgIpc) is 2.49. The Bertz CT molecular complexity index is 611. The van der Waals surface area contributed by atoms with Gasteiger partial charge in [0, 0.05) is 22.8 Å². The molecule has 3 nitrogen and oxygen atoms in total. The molecule has 0 spiro atoms. The van der Waals surface area contributed by atoms with Crippen LogP contribution in [0.25, 0.3) is 0 Å². The standard InChI is InChI=1S/C17H20ClNO2/c1-11-9-16(20-3)17(21-4)10-15(11)19-12(2)13-5-7-14(18)8-6-13/h5-10,12,19H,1-4H3. The molecule has 0 aliphatic heterocycles. The van der Waals surface area contributed by atoms with E-state index < -0.39 is 0 Å². The largest absolute Gasteiger partial charge is 0.493 e. The van der Waals surface area contributed by atoms with Gasteiger partial charge in [-0.1, -0.05) is 23.7 Å². The summed E-state index contributed by atoms with van der Waals surface area (Å²) in [5.41, 5.74) is 3.30. The van der Waals surface area contributed by atoms with Gasteiger partial charge in [-0.25, -0.2) is 0 Å². The van der Waals surface area contributed by atoms with E-state index in [-0.39, 0.29) is 6.04 Å². The monoisotopic (exact) mass is 305 g/mol. The molecule has 0 saturated carbocycles. The number of benzene rings is 2. The number of hydrogen-bond acceptors (Lipinski definition) is 3. The Balaban J connectivity index is 2.24. The Kier molecular flexibility index (Phi) is 4.97. The minimum Gasteiger partial charge on any atom is -0.493 e. The number of nitrogens with one attached hydrogen (secondary N) is 1. The summed E-state index contributed by atoms with van der Waals surface area (Å²) in [4.78, 5) is 0. The van der Waals surface area contributed by atoms with E-state index >= 15 is 0 Å². The highest BCUT2D eigenvalue weighted by Crippen LogP contribution is 2.34. The Hall–Kier alpha value is -1.87. The van der Waals surface area contributed by atoms with Crippen LogP contribution in [0.5, 0.6) is 11.5 Å². The molecule has 0 fully saturated rings. The highest BCUT2D eigenvalue weighted by atomic mass is 35.5. The fourth-order valence-corrected chi connectivity index (χ4v) is 2.33. The second-order valence-corrected chi connectivity index (χ2v) is 5.38. The lowest BCUT2D eigenvalue weighted by Gasteiger charge is -2.19. The SMILES string of the molecule is COc1cc(C)c(NC(C)c2ccc(Cl)cc2)cc1OC. The van der Waals surface area contributed by atoms with Gasteiger partial charge in [0.2, 0.25) is 0 Å². The molecule has 0 aromatic heterocycles. The highest BCUT2D eigenvalue weighted by molar-refractivity contribution is 6.30. The summed E-state index contributed by atoms with van der Waals surface area (Å²) >= 11 is 5.92. The van der Waals surface area contributed by atoms with Crippen LogP contribution in [0.4, 0.5) is 5.69 Å². The number of ether oxygens (including phenoxy) is 2. The molecule has 1 atom stereocenters. The van der Waals surface area contributed by atoms with Crippen molar-refractivity contribution in [3.05, 3.63) is 52.5 Å². The van der Waals surface area contributed by atoms with E-state index in [2.05, 4.69) is 12.2 Å². The fourth-order valence-electron chi connectivity index (χ4n) is 2.20. The van der Waals surface area contributed by atoms with Crippen molar-refractivity contribution in [3.8, 4) is 11.5 Å². The van der Waals surface area contributed by atoms with Crippen molar-refractivity contribution in [2.75, 3.05) is 19.5 Å². The van der Waals surface area contributed by atoms with E-state index in [1.54, 1.807) is 14.2 Å². The Morgan fingerprint density at radius 1 is 1.00 bits per heavy atom. The third-order valence-corrected chi connectivity index (χ3v) is 3.72. The molecule has 0 amide bonds. The molecule has 1 N–H and O–H groups in total. The second kappa shape index (κ2) is 6.72. The maximum absolute atomic E-state index is 5.92. The molecule has 0 radical (unpaired) electrons. The average molecular weight is 306 g/mol. The van der Waals surface area contributed by atoms with Gasteiger partial charge in [-0.2, -0.15) is 0 Å². The molecule has 0 aliphatic rings. The van der Waals surface area contributed by atoms with Gasteiger partial charge in [0.05, 0.1) is 14.2 Å². The third-order valence-electron chi connectivity index (χ3n) is 3.47. The summed E-state index contributed by atoms with van der Waals surface area (Å²) in [7, 11) is 3.28. The fraction of sp³-hybridized carbons (Fsp3) is 0.294. The van der Waals surface area contributed by atoms with E-state index in [4.69, 9.17) is 21.1 Å². The minimum absolute atomic E-state index is 0.166. The van der Waals surface area contributed by atoms with Crippen molar-refractivity contribution in [3.63, 3.8) is 0 Å². The van der Waals surface area contributed by atoms with Gasteiger partial charge in [-0.05, 0) is 43.2 Å². The van der Waals surface area contributed by atoms with Crippen molar-refractivity contribution >= 4 is 17.3 Å². The number of halogens is 1. The first kappa shape index (κ1) is 15.5. The van der Waals surface area contributed by atoms with Crippen LogP contribution in [0, 0.1) is 6.92 Å². The molecule has 0 bridgehead atoms. The summed E-state index contributed by atoms with van der Waals surface area (Å²) in [6.45, 7) is 4.15. The van der Waals surface area contributed by atoms with Crippen LogP contribution >= 0.6 is 11.6 Å². The molecular weight excluding hydrogens is 286 g/mol. The maximum atomic E-state index is 5.92. The highest BCUT2D eigenvalue weighted by Gasteiger charge is 2.11. The third kappa shape index (κ3) is 3.61. The lowest BCUT2D eigenvalue weighted by molar-refractivity contribution is 0.355. The summed E-state index contributed by atoms with van der Waals surface area (Å²) in [6.07, 6.45) is 0. The van der Waals surface area contributed by atoms with Gasteiger partial charge in [0.1, 0.15) is 0 Å². The van der Waals surface area contributed by atoms with Crippen LogP contribution in [0.3, 0.4) is 0 Å². The first-order valence-electron chi connectivity index (χ1n) is 6.79. The van der Waals surface area contributed by atoms with Gasteiger partial charge < -0.3 is 14.8 Å². The number of anilines is 1. The quantitative estimate of drug-likeness (QED) is 0.857. The molecule has 21 heavy (non-hydrogen) atoms. The summed E-state index contributed by atoms with van der Waals surface area (Å²) in [5.74, 6) is 1.45. The minimum atomic E-state index is 0.166. The number of rotatable bonds is 5. The number of methoxy groups -OCH3 is 2. The van der Waals surface area contributed by atoms with Crippen LogP contribution in [0.1, 0.15) is 24.1 Å². The Morgan fingerprint density at radius 2 is 1.57 bits per heavy atom. The predicted octanol–water partition coefficient (Wildman–Crippen LogP) is 4.84. The molecule has 2 rings (SSSR count). The normalized spacial score (nSPS) is 11.9. The molecular formula is C17H20ClNO2. The Morgan fingerprint density at radius 3 is 2.14 bits per heavy atom. The van der Waals surface area contributed by atoms with Crippen LogP contribution < -0.4 is 14.8 Å². The van der Waals surface area contributed by atoms with E-state index in [9.17, 15) is 0 Å². The molecule has 0 saturated heterocycles. The molecule has 4 heteroatoms. The molecule has 0 aliphatic carbocycles. The molecule has 2 aromatic carbocycles. The van der Waals surface area contributed by atoms with Crippen molar-refractivity contribution in [2.45, 2.75) is 19.9 Å². The summed E-state index contributed by atoms with van der Waals surface area (Å²) < 4.78 is 10.7. The zero-order valence-corrected chi connectivity index (χ0v) is 13.5. The molecule has 2 aromatic rings. The lowest BCUT2D eigenvalue weighted by Crippen LogP contribution is -2.08. The topological polar surface area (TPSA) is 30.5 Å². The van der Waals surface area contributed by atoms with Gasteiger partial charge in [-0.15, -0.1) is 0 Å². The van der Waals surface area contributed by atoms with E-state index in [0.717, 1.165) is 22.0 Å². The van der Waals surface area contributed by atoms with Crippen molar-refractivity contribution in [1.82, 2.24) is 0 Å². The van der Waals surface area contributed by atoms with Crippen molar-refractivity contribution in [2.24, 2.45) is 0 Å². The zero-order valence-electron chi connectivity index (χ0n) is 12.7. The maximum Gasteiger partial charge on any atom is 0.162 e. The van der Waals surface area contributed by atoms with Gasteiger partial charge in [-0.3, -0.25) is 0 Å². The van der Waals surface area contributed by atoms with Crippen LogP contribution in [0.2, 0.25) is 5.02 Å². The molecule has 1 unspecified atom stereocenters. The van der Waals surface area contributed by atoms with Crippen molar-refractivity contribution in [1.29, 1.82) is 0 Å². The van der Waals surface area contributed by atoms with Gasteiger partial charge in [0.15, 0.2) is 11.5 Å². The van der Waals surface area contributed by atoms with E-state index in [1.165, 1.54) is 5.56 Å².